The number of aromatic nitrogens is 1. The Morgan fingerprint density at radius 1 is 1.09 bits per heavy atom. The average Bonchev–Trinajstić information content (AvgIpc) is 3.46. The van der Waals surface area contributed by atoms with Crippen molar-refractivity contribution in [3.63, 3.8) is 0 Å². The van der Waals surface area contributed by atoms with Crippen molar-refractivity contribution in [3.8, 4) is 0 Å². The minimum atomic E-state index is -0.613. The predicted octanol–water partition coefficient (Wildman–Crippen LogP) is 6.72. The van der Waals surface area contributed by atoms with Crippen molar-refractivity contribution in [1.29, 1.82) is 0 Å². The Kier molecular flexibility index (Phi) is 5.15. The van der Waals surface area contributed by atoms with E-state index in [-0.39, 0.29) is 23.9 Å². The molecule has 1 fully saturated rings. The predicted molar refractivity (Wildman–Crippen MR) is 135 cm³/mol. The van der Waals surface area contributed by atoms with Crippen molar-refractivity contribution in [3.05, 3.63) is 100 Å². The van der Waals surface area contributed by atoms with Crippen LogP contribution in [0.5, 0.6) is 0 Å². The lowest BCUT2D eigenvalue weighted by Crippen LogP contribution is -2.47. The lowest BCUT2D eigenvalue weighted by atomic mass is 9.88. The van der Waals surface area contributed by atoms with Gasteiger partial charge in [-0.3, -0.25) is 4.90 Å². The normalized spacial score (nSPS) is 18.0. The lowest BCUT2D eigenvalue weighted by Gasteiger charge is -2.39. The summed E-state index contributed by atoms with van der Waals surface area (Å²) >= 11 is 0. The number of ether oxygens (including phenoxy) is 1. The molecule has 6 rings (SSSR count). The van der Waals surface area contributed by atoms with E-state index in [0.717, 1.165) is 46.4 Å². The quantitative estimate of drug-likeness (QED) is 0.349. The van der Waals surface area contributed by atoms with Gasteiger partial charge in [0, 0.05) is 28.6 Å². The number of anilines is 1. The minimum Gasteiger partial charge on any atom is -0.354 e. The SMILES string of the molecule is Cc1cc(C)cc(NC(=O)N2CC3(CC3)c3c([nH]c4ccccc34)C2OCc2cccc(F)c2)c1. The number of fused-ring (bicyclic) bond motifs is 4. The summed E-state index contributed by atoms with van der Waals surface area (Å²) in [5.74, 6) is -0.303. The summed E-state index contributed by atoms with van der Waals surface area (Å²) < 4.78 is 20.2. The minimum absolute atomic E-state index is 0.0620. The molecule has 3 aromatic carbocycles. The van der Waals surface area contributed by atoms with Crippen LogP contribution in [-0.2, 0) is 16.8 Å². The van der Waals surface area contributed by atoms with Gasteiger partial charge < -0.3 is 15.0 Å². The van der Waals surface area contributed by atoms with Gasteiger partial charge in [0.15, 0.2) is 6.23 Å². The van der Waals surface area contributed by atoms with Gasteiger partial charge in [0.2, 0.25) is 0 Å². The number of aryl methyl sites for hydroxylation is 2. The largest absolute Gasteiger partial charge is 0.354 e. The number of aromatic amines is 1. The third-order valence-corrected chi connectivity index (χ3v) is 7.15. The zero-order valence-electron chi connectivity index (χ0n) is 19.9. The van der Waals surface area contributed by atoms with Gasteiger partial charge >= 0.3 is 6.03 Å². The van der Waals surface area contributed by atoms with Crippen molar-refractivity contribution in [2.75, 3.05) is 11.9 Å². The van der Waals surface area contributed by atoms with Gasteiger partial charge in [-0.15, -0.1) is 0 Å². The summed E-state index contributed by atoms with van der Waals surface area (Å²) in [5.41, 5.74) is 6.83. The van der Waals surface area contributed by atoms with Crippen LogP contribution in [0.25, 0.3) is 10.9 Å². The molecule has 5 nitrogen and oxygen atoms in total. The van der Waals surface area contributed by atoms with Crippen LogP contribution < -0.4 is 5.32 Å². The molecule has 1 aromatic heterocycles. The molecule has 0 bridgehead atoms. The van der Waals surface area contributed by atoms with E-state index in [4.69, 9.17) is 4.74 Å². The molecule has 35 heavy (non-hydrogen) atoms. The maximum atomic E-state index is 13.8. The fraction of sp³-hybridized carbons (Fsp3) is 0.276. The molecular formula is C29H28FN3O2. The zero-order chi connectivity index (χ0) is 24.2. The number of benzene rings is 3. The first kappa shape index (κ1) is 21.9. The summed E-state index contributed by atoms with van der Waals surface area (Å²) in [6.45, 7) is 4.80. The van der Waals surface area contributed by atoms with Gasteiger partial charge in [0.05, 0.1) is 12.3 Å². The maximum Gasteiger partial charge on any atom is 0.324 e. The fourth-order valence-electron chi connectivity index (χ4n) is 5.52. The molecule has 1 unspecified atom stereocenters. The third kappa shape index (κ3) is 3.98. The van der Waals surface area contributed by atoms with Crippen LogP contribution in [0.15, 0.2) is 66.7 Å². The summed E-state index contributed by atoms with van der Waals surface area (Å²) in [6.07, 6.45) is 1.45. The van der Waals surface area contributed by atoms with Crippen molar-refractivity contribution in [2.45, 2.75) is 44.9 Å². The number of hydrogen-bond donors (Lipinski definition) is 2. The number of carbonyl (C=O) groups is 1. The number of rotatable bonds is 4. The molecule has 1 spiro atoms. The van der Waals surface area contributed by atoms with Crippen molar-refractivity contribution in [1.82, 2.24) is 9.88 Å². The molecule has 6 heteroatoms. The van der Waals surface area contributed by atoms with Crippen LogP contribution in [0.1, 0.15) is 47.0 Å². The van der Waals surface area contributed by atoms with Crippen LogP contribution in [0.2, 0.25) is 0 Å². The van der Waals surface area contributed by atoms with E-state index in [9.17, 15) is 9.18 Å². The maximum absolute atomic E-state index is 13.8. The Morgan fingerprint density at radius 2 is 1.86 bits per heavy atom. The highest BCUT2D eigenvalue weighted by molar-refractivity contribution is 5.92. The van der Waals surface area contributed by atoms with E-state index in [1.165, 1.54) is 23.1 Å². The number of urea groups is 1. The molecule has 1 saturated carbocycles. The Bertz CT molecular complexity index is 1420. The molecule has 2 aliphatic rings. The highest BCUT2D eigenvalue weighted by atomic mass is 19.1. The second-order valence-corrected chi connectivity index (χ2v) is 9.97. The molecule has 2 N–H and O–H groups in total. The van der Waals surface area contributed by atoms with Crippen molar-refractivity contribution in [2.24, 2.45) is 0 Å². The van der Waals surface area contributed by atoms with Gasteiger partial charge in [0.25, 0.3) is 0 Å². The van der Waals surface area contributed by atoms with Crippen LogP contribution in [0.3, 0.4) is 0 Å². The highest BCUT2D eigenvalue weighted by Gasteiger charge is 2.55. The number of halogens is 1. The molecule has 0 saturated heterocycles. The van der Waals surface area contributed by atoms with Gasteiger partial charge in [-0.2, -0.15) is 0 Å². The highest BCUT2D eigenvalue weighted by Crippen LogP contribution is 2.57. The zero-order valence-corrected chi connectivity index (χ0v) is 19.9. The van der Waals surface area contributed by atoms with Crippen molar-refractivity contribution < 1.29 is 13.9 Å². The Morgan fingerprint density at radius 3 is 2.60 bits per heavy atom. The second kappa shape index (κ2) is 8.24. The van der Waals surface area contributed by atoms with E-state index in [2.05, 4.69) is 28.5 Å². The number of para-hydroxylation sites is 1. The smallest absolute Gasteiger partial charge is 0.324 e. The second-order valence-electron chi connectivity index (χ2n) is 9.97. The molecule has 178 valence electrons. The van der Waals surface area contributed by atoms with E-state index in [0.29, 0.717) is 6.54 Å². The Hall–Kier alpha value is -3.64. The van der Waals surface area contributed by atoms with Crippen molar-refractivity contribution >= 4 is 22.6 Å². The van der Waals surface area contributed by atoms with E-state index >= 15 is 0 Å². The van der Waals surface area contributed by atoms with Crippen LogP contribution in [-0.4, -0.2) is 22.5 Å². The third-order valence-electron chi connectivity index (χ3n) is 7.15. The number of hydrogen-bond acceptors (Lipinski definition) is 2. The molecule has 1 atom stereocenters. The van der Waals surface area contributed by atoms with Crippen LogP contribution >= 0.6 is 0 Å². The number of amides is 2. The molecule has 4 aromatic rings. The summed E-state index contributed by atoms with van der Waals surface area (Å²) in [7, 11) is 0. The standard InChI is InChI=1S/C29H28FN3O2/c1-18-12-19(2)14-22(13-18)31-28(34)33-17-29(10-11-29)25-23-8-3-4-9-24(23)32-26(25)27(33)35-16-20-6-5-7-21(30)15-20/h3-9,12-15,27,32H,10-11,16-17H2,1-2H3,(H,31,34). The summed E-state index contributed by atoms with van der Waals surface area (Å²) in [5, 5.41) is 4.28. The molecule has 2 heterocycles. The topological polar surface area (TPSA) is 57.4 Å². The van der Waals surface area contributed by atoms with E-state index in [1.807, 2.05) is 44.2 Å². The molecule has 1 aliphatic heterocycles. The fourth-order valence-corrected chi connectivity index (χ4v) is 5.52. The molecule has 0 radical (unpaired) electrons. The first-order chi connectivity index (χ1) is 16.9. The first-order valence-corrected chi connectivity index (χ1v) is 12.0. The average molecular weight is 470 g/mol. The van der Waals surface area contributed by atoms with Gasteiger partial charge in [-0.25, -0.2) is 9.18 Å². The molecular weight excluding hydrogens is 441 g/mol. The van der Waals surface area contributed by atoms with E-state index in [1.54, 1.807) is 11.0 Å². The summed E-state index contributed by atoms with van der Waals surface area (Å²) in [6, 6.07) is 20.5. The Balaban J connectivity index is 1.38. The number of nitrogens with one attached hydrogen (secondary N) is 2. The van der Waals surface area contributed by atoms with Crippen LogP contribution in [0.4, 0.5) is 14.9 Å². The molecule has 2 amide bonds. The Labute approximate surface area is 203 Å². The lowest BCUT2D eigenvalue weighted by molar-refractivity contribution is -0.0607. The van der Waals surface area contributed by atoms with E-state index < -0.39 is 6.23 Å². The number of nitrogens with zero attached hydrogens (tertiary/aromatic N) is 1. The number of H-pyrrole nitrogens is 1. The van der Waals surface area contributed by atoms with Gasteiger partial charge in [0.1, 0.15) is 5.82 Å². The summed E-state index contributed by atoms with van der Waals surface area (Å²) in [4.78, 5) is 19.0. The monoisotopic (exact) mass is 469 g/mol. The van der Waals surface area contributed by atoms with Gasteiger partial charge in [-0.1, -0.05) is 36.4 Å². The molecule has 1 aliphatic carbocycles. The van der Waals surface area contributed by atoms with Crippen LogP contribution in [0, 0.1) is 19.7 Å². The number of carbonyl (C=O) groups excluding carboxylic acids is 1. The van der Waals surface area contributed by atoms with Gasteiger partial charge in [-0.05, 0) is 79.3 Å². The first-order valence-electron chi connectivity index (χ1n) is 12.0.